The maximum Gasteiger partial charge on any atom is 0.254 e. The van der Waals surface area contributed by atoms with Gasteiger partial charge in [0.15, 0.2) is 5.16 Å². The van der Waals surface area contributed by atoms with Crippen LogP contribution in [0.5, 0.6) is 0 Å². The number of halogens is 1. The molecule has 1 unspecified atom stereocenters. The summed E-state index contributed by atoms with van der Waals surface area (Å²) < 4.78 is 0. The van der Waals surface area contributed by atoms with E-state index in [2.05, 4.69) is 27.1 Å². The van der Waals surface area contributed by atoms with Crippen LogP contribution in [0.3, 0.4) is 0 Å². The number of benzene rings is 1. The predicted octanol–water partition coefficient (Wildman–Crippen LogP) is 4.58. The van der Waals surface area contributed by atoms with Gasteiger partial charge >= 0.3 is 0 Å². The number of amides is 2. The number of carbonyl (C=O) groups is 2. The van der Waals surface area contributed by atoms with Crippen molar-refractivity contribution in [3.05, 3.63) is 46.6 Å². The third-order valence-corrected chi connectivity index (χ3v) is 6.90. The molecule has 3 rings (SSSR count). The van der Waals surface area contributed by atoms with Crippen LogP contribution in [0, 0.1) is 6.92 Å². The van der Waals surface area contributed by atoms with E-state index in [-0.39, 0.29) is 23.6 Å². The van der Waals surface area contributed by atoms with Crippen LogP contribution in [0.15, 0.2) is 35.5 Å². The number of aryl methyl sites for hydroxylation is 1. The first-order valence-corrected chi connectivity index (χ1v) is 13.3. The van der Waals surface area contributed by atoms with Crippen molar-refractivity contribution in [1.82, 2.24) is 20.2 Å². The molecule has 1 aliphatic heterocycles. The van der Waals surface area contributed by atoms with E-state index in [1.54, 1.807) is 6.07 Å². The van der Waals surface area contributed by atoms with Crippen LogP contribution in [-0.2, 0) is 4.79 Å². The zero-order chi connectivity index (χ0) is 24.5. The summed E-state index contributed by atoms with van der Waals surface area (Å²) in [5.74, 6) is 0.994. The maximum absolute atomic E-state index is 13.0. The third kappa shape index (κ3) is 7.60. The van der Waals surface area contributed by atoms with Crippen molar-refractivity contribution in [2.75, 3.05) is 36.8 Å². The van der Waals surface area contributed by atoms with Crippen molar-refractivity contribution in [3.8, 4) is 0 Å². The van der Waals surface area contributed by atoms with Gasteiger partial charge in [0.05, 0.1) is 5.75 Å². The Bertz CT molecular complexity index is 972. The Kier molecular flexibility index (Phi) is 10.0. The van der Waals surface area contributed by atoms with Crippen LogP contribution in [0.2, 0.25) is 5.15 Å². The van der Waals surface area contributed by atoms with Crippen LogP contribution in [-0.4, -0.2) is 64.7 Å². The second kappa shape index (κ2) is 13.0. The van der Waals surface area contributed by atoms with Crippen molar-refractivity contribution in [1.29, 1.82) is 0 Å². The van der Waals surface area contributed by atoms with Crippen LogP contribution in [0.25, 0.3) is 0 Å². The zero-order valence-corrected chi connectivity index (χ0v) is 21.8. The van der Waals surface area contributed by atoms with Gasteiger partial charge in [-0.15, -0.1) is 0 Å². The van der Waals surface area contributed by atoms with E-state index in [9.17, 15) is 9.59 Å². The molecule has 0 bridgehead atoms. The molecule has 0 saturated carbocycles. The van der Waals surface area contributed by atoms with Crippen molar-refractivity contribution in [3.63, 3.8) is 0 Å². The number of nitrogens with zero attached hydrogens (tertiary/aromatic N) is 4. The lowest BCUT2D eigenvalue weighted by Crippen LogP contribution is -2.54. The molecule has 1 atom stereocenters. The molecule has 0 radical (unpaired) electrons. The van der Waals surface area contributed by atoms with E-state index < -0.39 is 0 Å². The van der Waals surface area contributed by atoms with Crippen molar-refractivity contribution < 1.29 is 9.59 Å². The molecule has 1 aromatic carbocycles. The summed E-state index contributed by atoms with van der Waals surface area (Å²) in [6, 6.07) is 9.44. The molecule has 1 saturated heterocycles. The smallest absolute Gasteiger partial charge is 0.254 e. The largest absolute Gasteiger partial charge is 0.355 e. The van der Waals surface area contributed by atoms with Crippen molar-refractivity contribution in [2.24, 2.45) is 0 Å². The second-order valence-corrected chi connectivity index (χ2v) is 10.0. The number of hydrogen-bond donors (Lipinski definition) is 1. The fourth-order valence-electron chi connectivity index (χ4n) is 3.90. The molecule has 184 valence electrons. The summed E-state index contributed by atoms with van der Waals surface area (Å²) in [4.78, 5) is 38.0. The highest BCUT2D eigenvalue weighted by molar-refractivity contribution is 7.99. The number of piperazine rings is 1. The number of nitrogens with one attached hydrogen (secondary N) is 1. The van der Waals surface area contributed by atoms with Crippen LogP contribution < -0.4 is 10.2 Å². The summed E-state index contributed by atoms with van der Waals surface area (Å²) in [6.07, 6.45) is 4.50. The normalized spacial score (nSPS) is 15.9. The van der Waals surface area contributed by atoms with Gasteiger partial charge in [-0.1, -0.05) is 67.2 Å². The monoisotopic (exact) mass is 503 g/mol. The summed E-state index contributed by atoms with van der Waals surface area (Å²) in [7, 11) is 0. The molecule has 2 aromatic rings. The molecule has 9 heteroatoms. The van der Waals surface area contributed by atoms with E-state index >= 15 is 0 Å². The van der Waals surface area contributed by atoms with Crippen LogP contribution in [0.4, 0.5) is 5.82 Å². The molecular formula is C25H34ClN5O2S. The van der Waals surface area contributed by atoms with Gasteiger partial charge in [0, 0.05) is 43.9 Å². The van der Waals surface area contributed by atoms with E-state index in [1.165, 1.54) is 24.6 Å². The Morgan fingerprint density at radius 3 is 2.62 bits per heavy atom. The first-order valence-electron chi connectivity index (χ1n) is 11.9. The van der Waals surface area contributed by atoms with Gasteiger partial charge in [-0.05, 0) is 32.4 Å². The quantitative estimate of drug-likeness (QED) is 0.221. The molecular weight excluding hydrogens is 470 g/mol. The molecule has 1 N–H and O–H groups in total. The molecule has 2 amide bonds. The first-order chi connectivity index (χ1) is 16.4. The standard InChI is InChI=1S/C25H34ClN5O2S/c1-4-5-6-7-12-27-23(32)17-34-25-28-21(26)15-22(29-25)30-13-14-31(19(3)16-30)24(33)20-10-8-18(2)9-11-20/h8-11,15,19H,4-7,12-14,16-17H2,1-3H3,(H,27,32). The third-order valence-electron chi connectivity index (χ3n) is 5.86. The van der Waals surface area contributed by atoms with Crippen LogP contribution in [0.1, 0.15) is 55.5 Å². The zero-order valence-electron chi connectivity index (χ0n) is 20.2. The Morgan fingerprint density at radius 2 is 1.91 bits per heavy atom. The molecule has 7 nitrogen and oxygen atoms in total. The molecule has 1 aliphatic rings. The minimum absolute atomic E-state index is 0.0193. The Balaban J connectivity index is 1.55. The van der Waals surface area contributed by atoms with Crippen LogP contribution >= 0.6 is 23.4 Å². The average Bonchev–Trinajstić information content (AvgIpc) is 2.82. The Morgan fingerprint density at radius 1 is 1.15 bits per heavy atom. The summed E-state index contributed by atoms with van der Waals surface area (Å²) in [6.45, 7) is 8.81. The lowest BCUT2D eigenvalue weighted by Gasteiger charge is -2.40. The molecule has 34 heavy (non-hydrogen) atoms. The van der Waals surface area contributed by atoms with E-state index in [1.807, 2.05) is 43.0 Å². The minimum Gasteiger partial charge on any atom is -0.355 e. The Labute approximate surface area is 211 Å². The van der Waals surface area contributed by atoms with Gasteiger partial charge in [0.2, 0.25) is 5.91 Å². The molecule has 1 fully saturated rings. The number of aromatic nitrogens is 2. The van der Waals surface area contributed by atoms with E-state index in [4.69, 9.17) is 11.6 Å². The Hall–Kier alpha value is -2.32. The molecule has 1 aromatic heterocycles. The van der Waals surface area contributed by atoms with E-state index in [0.29, 0.717) is 42.1 Å². The number of rotatable bonds is 10. The van der Waals surface area contributed by atoms with E-state index in [0.717, 1.165) is 24.2 Å². The minimum atomic E-state index is -0.0246. The lowest BCUT2D eigenvalue weighted by atomic mass is 10.1. The number of hydrogen-bond acceptors (Lipinski definition) is 6. The molecule has 0 spiro atoms. The second-order valence-electron chi connectivity index (χ2n) is 8.69. The summed E-state index contributed by atoms with van der Waals surface area (Å²) in [5, 5.41) is 3.77. The fraction of sp³-hybridized carbons (Fsp3) is 0.520. The highest BCUT2D eigenvalue weighted by Gasteiger charge is 2.29. The van der Waals surface area contributed by atoms with Gasteiger partial charge < -0.3 is 15.1 Å². The SMILES string of the molecule is CCCCCCNC(=O)CSc1nc(Cl)cc(N2CCN(C(=O)c3ccc(C)cc3)C(C)C2)n1. The number of thioether (sulfide) groups is 1. The number of anilines is 1. The molecule has 2 heterocycles. The summed E-state index contributed by atoms with van der Waals surface area (Å²) >= 11 is 7.55. The molecule has 0 aliphatic carbocycles. The van der Waals surface area contributed by atoms with Crippen molar-refractivity contribution in [2.45, 2.75) is 57.7 Å². The maximum atomic E-state index is 13.0. The lowest BCUT2D eigenvalue weighted by molar-refractivity contribution is -0.118. The highest BCUT2D eigenvalue weighted by Crippen LogP contribution is 2.24. The topological polar surface area (TPSA) is 78.4 Å². The number of unbranched alkanes of at least 4 members (excludes halogenated alkanes) is 3. The average molecular weight is 504 g/mol. The van der Waals surface area contributed by atoms with Crippen molar-refractivity contribution >= 4 is 41.0 Å². The predicted molar refractivity (Wildman–Crippen MR) is 139 cm³/mol. The van der Waals surface area contributed by atoms with Gasteiger partial charge in [-0.25, -0.2) is 9.97 Å². The fourth-order valence-corrected chi connectivity index (χ4v) is 4.81. The van der Waals surface area contributed by atoms with Gasteiger partial charge in [0.25, 0.3) is 5.91 Å². The van der Waals surface area contributed by atoms with Gasteiger partial charge in [-0.3, -0.25) is 9.59 Å². The number of carbonyl (C=O) groups excluding carboxylic acids is 2. The van der Waals surface area contributed by atoms with Gasteiger partial charge in [-0.2, -0.15) is 0 Å². The first kappa shape index (κ1) is 26.3. The van der Waals surface area contributed by atoms with Gasteiger partial charge in [0.1, 0.15) is 11.0 Å². The summed E-state index contributed by atoms with van der Waals surface area (Å²) in [5.41, 5.74) is 1.84. The highest BCUT2D eigenvalue weighted by atomic mass is 35.5.